The Morgan fingerprint density at radius 2 is 1.87 bits per heavy atom. The highest BCUT2D eigenvalue weighted by molar-refractivity contribution is 5.69. The molecule has 0 saturated carbocycles. The first-order valence-corrected chi connectivity index (χ1v) is 11.1. The van der Waals surface area contributed by atoms with E-state index in [-0.39, 0.29) is 29.7 Å². The van der Waals surface area contributed by atoms with Gasteiger partial charge >= 0.3 is 6.09 Å². The van der Waals surface area contributed by atoms with E-state index in [1.165, 1.54) is 5.56 Å². The third-order valence-electron chi connectivity index (χ3n) is 5.81. The third kappa shape index (κ3) is 5.59. The molecule has 0 bridgehead atoms. The molecule has 1 aliphatic heterocycles. The quantitative estimate of drug-likeness (QED) is 0.671. The normalized spacial score (nSPS) is 19.0. The fourth-order valence-corrected chi connectivity index (χ4v) is 4.17. The van der Waals surface area contributed by atoms with E-state index in [4.69, 9.17) is 9.47 Å². The van der Waals surface area contributed by atoms with Crippen LogP contribution in [0.3, 0.4) is 0 Å². The summed E-state index contributed by atoms with van der Waals surface area (Å²) < 4.78 is 11.1. The van der Waals surface area contributed by atoms with Gasteiger partial charge in [0.1, 0.15) is 5.75 Å². The Balaban J connectivity index is 1.83. The van der Waals surface area contributed by atoms with E-state index >= 15 is 0 Å². The summed E-state index contributed by atoms with van der Waals surface area (Å²) in [5.74, 6) is 0.880. The molecular formula is C26H36N2O3. The van der Waals surface area contributed by atoms with Crippen LogP contribution in [-0.2, 0) is 16.7 Å². The summed E-state index contributed by atoms with van der Waals surface area (Å²) in [5.41, 5.74) is 3.59. The maximum atomic E-state index is 12.8. The molecule has 0 aromatic heterocycles. The molecule has 0 spiro atoms. The topological polar surface area (TPSA) is 50.8 Å². The van der Waals surface area contributed by atoms with Gasteiger partial charge < -0.3 is 14.8 Å². The maximum Gasteiger partial charge on any atom is 0.410 e. The second-order valence-corrected chi connectivity index (χ2v) is 9.53. The van der Waals surface area contributed by atoms with Crippen molar-refractivity contribution in [3.05, 3.63) is 65.2 Å². The second-order valence-electron chi connectivity index (χ2n) is 9.53. The second kappa shape index (κ2) is 9.73. The fraction of sp³-hybridized carbons (Fsp3) is 0.500. The average molecular weight is 425 g/mol. The minimum atomic E-state index is -0.250. The van der Waals surface area contributed by atoms with E-state index in [1.54, 1.807) is 7.11 Å². The summed E-state index contributed by atoms with van der Waals surface area (Å²) in [5, 5.41) is 3.71. The molecule has 1 amide bonds. The van der Waals surface area contributed by atoms with E-state index in [0.29, 0.717) is 13.1 Å². The number of benzene rings is 2. The van der Waals surface area contributed by atoms with Gasteiger partial charge in [0.2, 0.25) is 0 Å². The molecule has 2 aromatic rings. The number of ether oxygens (including phenoxy) is 2. The molecule has 1 heterocycles. The molecular weight excluding hydrogens is 388 g/mol. The molecule has 2 aromatic carbocycles. The number of methoxy groups -OCH3 is 1. The summed E-state index contributed by atoms with van der Waals surface area (Å²) in [4.78, 5) is 14.6. The van der Waals surface area contributed by atoms with Crippen molar-refractivity contribution in [1.29, 1.82) is 0 Å². The van der Waals surface area contributed by atoms with Gasteiger partial charge in [0, 0.05) is 24.7 Å². The molecule has 5 nitrogen and oxygen atoms in total. The van der Waals surface area contributed by atoms with Crippen LogP contribution in [0.15, 0.2) is 48.5 Å². The van der Waals surface area contributed by atoms with Gasteiger partial charge in [-0.2, -0.15) is 0 Å². The molecule has 5 heteroatoms. The van der Waals surface area contributed by atoms with Crippen molar-refractivity contribution in [2.75, 3.05) is 13.7 Å². The van der Waals surface area contributed by atoms with E-state index in [1.807, 2.05) is 43.0 Å². The van der Waals surface area contributed by atoms with Crippen molar-refractivity contribution in [2.45, 2.75) is 71.2 Å². The Bertz CT molecular complexity index is 874. The number of nitrogens with zero attached hydrogens (tertiary/aromatic N) is 1. The number of rotatable bonds is 6. The molecule has 1 aliphatic rings. The van der Waals surface area contributed by atoms with Crippen LogP contribution in [0, 0.1) is 0 Å². The first-order valence-electron chi connectivity index (χ1n) is 11.1. The van der Waals surface area contributed by atoms with Crippen molar-refractivity contribution in [1.82, 2.24) is 10.2 Å². The number of carbonyl (C=O) groups excluding carboxylic acids is 1. The minimum absolute atomic E-state index is 0.0655. The van der Waals surface area contributed by atoms with Gasteiger partial charge in [-0.25, -0.2) is 4.79 Å². The number of nitrogens with one attached hydrogen (secondary N) is 1. The van der Waals surface area contributed by atoms with Gasteiger partial charge in [-0.15, -0.1) is 0 Å². The molecule has 168 valence electrons. The Hall–Kier alpha value is -2.53. The zero-order valence-corrected chi connectivity index (χ0v) is 19.6. The lowest BCUT2D eigenvalue weighted by Gasteiger charge is -2.29. The van der Waals surface area contributed by atoms with Gasteiger partial charge in [0.25, 0.3) is 0 Å². The number of likely N-dealkylation sites (tertiary alicyclic amines) is 1. The molecule has 0 radical (unpaired) electrons. The van der Waals surface area contributed by atoms with Crippen molar-refractivity contribution in [3.8, 4) is 5.75 Å². The van der Waals surface area contributed by atoms with Crippen molar-refractivity contribution >= 4 is 6.09 Å². The molecule has 1 fully saturated rings. The van der Waals surface area contributed by atoms with E-state index < -0.39 is 0 Å². The van der Waals surface area contributed by atoms with Crippen LogP contribution < -0.4 is 10.1 Å². The number of hydrogen-bond donors (Lipinski definition) is 1. The summed E-state index contributed by atoms with van der Waals surface area (Å²) in [6.07, 6.45) is 0.481. The highest BCUT2D eigenvalue weighted by Gasteiger charge is 2.39. The van der Waals surface area contributed by atoms with Gasteiger partial charge in [0.15, 0.2) is 0 Å². The Morgan fingerprint density at radius 1 is 1.16 bits per heavy atom. The van der Waals surface area contributed by atoms with Gasteiger partial charge in [-0.05, 0) is 42.9 Å². The molecule has 2 atom stereocenters. The number of hydrogen-bond acceptors (Lipinski definition) is 4. The zero-order valence-electron chi connectivity index (χ0n) is 19.6. The van der Waals surface area contributed by atoms with Crippen molar-refractivity contribution in [2.24, 2.45) is 0 Å². The summed E-state index contributed by atoms with van der Waals surface area (Å²) in [6.45, 7) is 11.8. The Kier molecular flexibility index (Phi) is 7.26. The van der Waals surface area contributed by atoms with Crippen molar-refractivity contribution in [3.63, 3.8) is 0 Å². The molecule has 1 saturated heterocycles. The minimum Gasteiger partial charge on any atom is -0.496 e. The maximum absolute atomic E-state index is 12.8. The summed E-state index contributed by atoms with van der Waals surface area (Å²) >= 11 is 0. The van der Waals surface area contributed by atoms with E-state index in [2.05, 4.69) is 50.4 Å². The smallest absolute Gasteiger partial charge is 0.410 e. The number of amides is 1. The Labute approximate surface area is 186 Å². The van der Waals surface area contributed by atoms with Crippen LogP contribution >= 0.6 is 0 Å². The van der Waals surface area contributed by atoms with Crippen LogP contribution in [0.25, 0.3) is 0 Å². The highest BCUT2D eigenvalue weighted by atomic mass is 16.6. The summed E-state index contributed by atoms with van der Waals surface area (Å²) in [6, 6.07) is 16.7. The molecule has 2 unspecified atom stereocenters. The molecule has 1 N–H and O–H groups in total. The zero-order chi connectivity index (χ0) is 22.6. The Morgan fingerprint density at radius 3 is 2.48 bits per heavy atom. The molecule has 31 heavy (non-hydrogen) atoms. The standard InChI is InChI=1S/C26H36N2O3/c1-18(2)31-25(29)28-15-14-22(24(28)19-10-8-7-9-11-19)27-17-20-16-21(26(3,4)5)12-13-23(20)30-6/h7-13,16,18,22,24,27H,14-15,17H2,1-6H3. The molecule has 0 aliphatic carbocycles. The van der Waals surface area contributed by atoms with Crippen molar-refractivity contribution < 1.29 is 14.3 Å². The van der Waals surface area contributed by atoms with Gasteiger partial charge in [-0.1, -0.05) is 63.2 Å². The fourth-order valence-electron chi connectivity index (χ4n) is 4.17. The highest BCUT2D eigenvalue weighted by Crippen LogP contribution is 2.34. The molecule has 3 rings (SSSR count). The van der Waals surface area contributed by atoms with Crippen LogP contribution in [0.4, 0.5) is 4.79 Å². The van der Waals surface area contributed by atoms with E-state index in [9.17, 15) is 4.79 Å². The monoisotopic (exact) mass is 424 g/mol. The largest absolute Gasteiger partial charge is 0.496 e. The SMILES string of the molecule is COc1ccc(C(C)(C)C)cc1CNC1CCN(C(=O)OC(C)C)C1c1ccccc1. The third-order valence-corrected chi connectivity index (χ3v) is 5.81. The van der Waals surface area contributed by atoms with Crippen LogP contribution in [0.1, 0.15) is 63.8 Å². The number of carbonyl (C=O) groups is 1. The summed E-state index contributed by atoms with van der Waals surface area (Å²) in [7, 11) is 1.71. The van der Waals surface area contributed by atoms with Crippen LogP contribution in [0.2, 0.25) is 0 Å². The van der Waals surface area contributed by atoms with Gasteiger partial charge in [-0.3, -0.25) is 4.90 Å². The lowest BCUT2D eigenvalue weighted by molar-refractivity contribution is 0.0712. The van der Waals surface area contributed by atoms with Gasteiger partial charge in [0.05, 0.1) is 19.3 Å². The van der Waals surface area contributed by atoms with Crippen LogP contribution in [0.5, 0.6) is 5.75 Å². The first kappa shape index (κ1) is 23.1. The lowest BCUT2D eigenvalue weighted by Crippen LogP contribution is -2.39. The average Bonchev–Trinajstić information content (AvgIpc) is 3.15. The first-order chi connectivity index (χ1) is 14.7. The van der Waals surface area contributed by atoms with E-state index in [0.717, 1.165) is 23.3 Å². The predicted molar refractivity (Wildman–Crippen MR) is 124 cm³/mol. The lowest BCUT2D eigenvalue weighted by atomic mass is 9.86. The predicted octanol–water partition coefficient (Wildman–Crippen LogP) is 5.44. The van der Waals surface area contributed by atoms with Crippen LogP contribution in [-0.4, -0.2) is 36.8 Å².